The van der Waals surface area contributed by atoms with Crippen LogP contribution in [0.25, 0.3) is 89.1 Å². The molecule has 0 aliphatic heterocycles. The van der Waals surface area contributed by atoms with Gasteiger partial charge in [-0.2, -0.15) is 0 Å². The Bertz CT molecular complexity index is 3090. The molecule has 0 saturated heterocycles. The first-order chi connectivity index (χ1) is 27.8. The Morgan fingerprint density at radius 3 is 1.48 bits per heavy atom. The summed E-state index contributed by atoms with van der Waals surface area (Å²) >= 11 is 0. The highest BCUT2D eigenvalue weighted by atomic mass is 15.0. The lowest BCUT2D eigenvalue weighted by Crippen LogP contribution is -2.05. The standard InChI is InChI=1S/C54H38N2/c1-4-14-37(15-5-1)39-24-26-40(27-25-39)44-32-43(38-16-6-2-7-17-38)33-46(34-44)56-52-23-13-11-21-48(52)50-36-42(29-31-54(50)56)41-28-30-53-49(35-41)47-20-10-12-22-51(47)55(53)45-18-8-3-9-19-45/h1-28,30,32-36H,29,31H2. The van der Waals surface area contributed by atoms with E-state index in [0.717, 1.165) is 12.8 Å². The molecular weight excluding hydrogens is 677 g/mol. The summed E-state index contributed by atoms with van der Waals surface area (Å²) in [5, 5.41) is 3.86. The number of para-hydroxylation sites is 3. The van der Waals surface area contributed by atoms with Crippen LogP contribution in [0, 0.1) is 0 Å². The number of hydrogen-bond donors (Lipinski definition) is 0. The monoisotopic (exact) mass is 714 g/mol. The number of benzene rings is 8. The van der Waals surface area contributed by atoms with Crippen LogP contribution in [0.3, 0.4) is 0 Å². The molecule has 0 amide bonds. The molecule has 264 valence electrons. The summed E-state index contributed by atoms with van der Waals surface area (Å²) < 4.78 is 4.92. The van der Waals surface area contributed by atoms with Crippen LogP contribution in [0.2, 0.25) is 0 Å². The van der Waals surface area contributed by atoms with Gasteiger partial charge in [-0.15, -0.1) is 0 Å². The van der Waals surface area contributed by atoms with Gasteiger partial charge in [0, 0.05) is 38.8 Å². The van der Waals surface area contributed by atoms with Crippen LogP contribution >= 0.6 is 0 Å². The number of allylic oxidation sites excluding steroid dienone is 1. The van der Waals surface area contributed by atoms with Gasteiger partial charge in [0.05, 0.1) is 16.6 Å². The van der Waals surface area contributed by atoms with Gasteiger partial charge >= 0.3 is 0 Å². The van der Waals surface area contributed by atoms with Crippen molar-refractivity contribution < 1.29 is 0 Å². The van der Waals surface area contributed by atoms with Crippen molar-refractivity contribution in [1.29, 1.82) is 0 Å². The molecule has 11 rings (SSSR count). The Balaban J connectivity index is 1.05. The van der Waals surface area contributed by atoms with E-state index in [1.54, 1.807) is 0 Å². The minimum atomic E-state index is 0.955. The van der Waals surface area contributed by atoms with Gasteiger partial charge in [0.2, 0.25) is 0 Å². The SMILES string of the molecule is C1=C(c2ccc3c(c2)c2ccccc2n3-c2ccccc2)CCc2c1c1ccccc1n2-c1cc(-c2ccccc2)cc(-c2ccc(-c3ccccc3)cc2)c1. The van der Waals surface area contributed by atoms with E-state index in [1.807, 2.05) is 0 Å². The number of fused-ring (bicyclic) bond motifs is 6. The molecule has 2 heterocycles. The Kier molecular flexibility index (Phi) is 7.67. The molecule has 2 aromatic heterocycles. The van der Waals surface area contributed by atoms with Crippen molar-refractivity contribution in [2.45, 2.75) is 12.8 Å². The van der Waals surface area contributed by atoms with Crippen molar-refractivity contribution in [1.82, 2.24) is 9.13 Å². The minimum absolute atomic E-state index is 0.955. The third-order valence-corrected chi connectivity index (χ3v) is 11.6. The fraction of sp³-hybridized carbons (Fsp3) is 0.0370. The van der Waals surface area contributed by atoms with Crippen molar-refractivity contribution in [3.8, 4) is 44.8 Å². The molecule has 2 heteroatoms. The molecule has 56 heavy (non-hydrogen) atoms. The predicted molar refractivity (Wildman–Crippen MR) is 237 cm³/mol. The van der Waals surface area contributed by atoms with Gasteiger partial charge in [0.15, 0.2) is 0 Å². The molecule has 0 atom stereocenters. The molecule has 0 radical (unpaired) electrons. The number of aromatic nitrogens is 2. The van der Waals surface area contributed by atoms with Gasteiger partial charge in [0.1, 0.15) is 0 Å². The van der Waals surface area contributed by atoms with Crippen LogP contribution in [0.4, 0.5) is 0 Å². The predicted octanol–water partition coefficient (Wildman–Crippen LogP) is 14.2. The fourth-order valence-corrected chi connectivity index (χ4v) is 8.97. The van der Waals surface area contributed by atoms with Gasteiger partial charge in [-0.1, -0.05) is 146 Å². The summed E-state index contributed by atoms with van der Waals surface area (Å²) in [6.45, 7) is 0. The zero-order chi connectivity index (χ0) is 37.0. The Morgan fingerprint density at radius 1 is 0.304 bits per heavy atom. The Morgan fingerprint density at radius 2 is 0.804 bits per heavy atom. The maximum absolute atomic E-state index is 2.53. The average Bonchev–Trinajstić information content (AvgIpc) is 3.79. The van der Waals surface area contributed by atoms with Crippen LogP contribution in [0.1, 0.15) is 23.2 Å². The zero-order valence-electron chi connectivity index (χ0n) is 30.9. The number of rotatable bonds is 6. The van der Waals surface area contributed by atoms with E-state index in [4.69, 9.17) is 0 Å². The lowest BCUT2D eigenvalue weighted by molar-refractivity contribution is 0.898. The smallest absolute Gasteiger partial charge is 0.0541 e. The molecule has 0 unspecified atom stereocenters. The first-order valence-corrected chi connectivity index (χ1v) is 19.6. The van der Waals surface area contributed by atoms with Gasteiger partial charge in [-0.3, -0.25) is 0 Å². The van der Waals surface area contributed by atoms with Gasteiger partial charge in [-0.25, -0.2) is 0 Å². The second kappa shape index (κ2) is 13.3. The normalized spacial score (nSPS) is 12.6. The van der Waals surface area contributed by atoms with Crippen LogP contribution in [-0.4, -0.2) is 9.13 Å². The van der Waals surface area contributed by atoms with Crippen molar-refractivity contribution in [3.05, 3.63) is 217 Å². The highest BCUT2D eigenvalue weighted by Crippen LogP contribution is 2.42. The quantitative estimate of drug-likeness (QED) is 0.162. The van der Waals surface area contributed by atoms with E-state index in [0.29, 0.717) is 0 Å². The lowest BCUT2D eigenvalue weighted by Gasteiger charge is -2.19. The summed E-state index contributed by atoms with van der Waals surface area (Å²) in [5.41, 5.74) is 18.8. The Labute approximate surface area is 326 Å². The summed E-state index contributed by atoms with van der Waals surface area (Å²) in [7, 11) is 0. The second-order valence-electron chi connectivity index (χ2n) is 14.9. The summed E-state index contributed by atoms with van der Waals surface area (Å²) in [4.78, 5) is 0. The first-order valence-electron chi connectivity index (χ1n) is 19.6. The molecule has 8 aromatic carbocycles. The molecular formula is C54H38N2. The zero-order valence-corrected chi connectivity index (χ0v) is 30.9. The molecule has 1 aliphatic rings. The van der Waals surface area contributed by atoms with Crippen LogP contribution < -0.4 is 0 Å². The first kappa shape index (κ1) is 32.3. The van der Waals surface area contributed by atoms with E-state index in [-0.39, 0.29) is 0 Å². The molecule has 2 nitrogen and oxygen atoms in total. The fourth-order valence-electron chi connectivity index (χ4n) is 8.97. The van der Waals surface area contributed by atoms with Crippen LogP contribution in [0.15, 0.2) is 200 Å². The maximum atomic E-state index is 2.53. The van der Waals surface area contributed by atoms with E-state index in [9.17, 15) is 0 Å². The van der Waals surface area contributed by atoms with E-state index in [2.05, 4.69) is 215 Å². The van der Waals surface area contributed by atoms with E-state index in [1.165, 1.54) is 99.9 Å². The molecule has 0 spiro atoms. The van der Waals surface area contributed by atoms with Crippen LogP contribution in [0.5, 0.6) is 0 Å². The van der Waals surface area contributed by atoms with Crippen molar-refractivity contribution >= 4 is 44.4 Å². The Hall–Kier alpha value is -7.16. The van der Waals surface area contributed by atoms with Crippen molar-refractivity contribution in [2.75, 3.05) is 0 Å². The van der Waals surface area contributed by atoms with Crippen LogP contribution in [-0.2, 0) is 6.42 Å². The lowest BCUT2D eigenvalue weighted by atomic mass is 9.90. The van der Waals surface area contributed by atoms with Crippen molar-refractivity contribution in [2.24, 2.45) is 0 Å². The second-order valence-corrected chi connectivity index (χ2v) is 14.9. The summed E-state index contributed by atoms with van der Waals surface area (Å²) in [6, 6.07) is 73.0. The number of nitrogens with zero attached hydrogens (tertiary/aromatic N) is 2. The molecule has 0 bridgehead atoms. The van der Waals surface area contributed by atoms with E-state index >= 15 is 0 Å². The molecule has 0 saturated carbocycles. The minimum Gasteiger partial charge on any atom is -0.313 e. The van der Waals surface area contributed by atoms with Gasteiger partial charge < -0.3 is 9.13 Å². The third kappa shape index (κ3) is 5.41. The molecule has 0 N–H and O–H groups in total. The summed E-state index contributed by atoms with van der Waals surface area (Å²) in [6.07, 6.45) is 4.40. The third-order valence-electron chi connectivity index (χ3n) is 11.6. The topological polar surface area (TPSA) is 9.86 Å². The van der Waals surface area contributed by atoms with Gasteiger partial charge in [0.25, 0.3) is 0 Å². The molecule has 10 aromatic rings. The maximum Gasteiger partial charge on any atom is 0.0541 e. The van der Waals surface area contributed by atoms with Crippen molar-refractivity contribution in [3.63, 3.8) is 0 Å². The van der Waals surface area contributed by atoms with E-state index < -0.39 is 0 Å². The van der Waals surface area contributed by atoms with Gasteiger partial charge in [-0.05, 0) is 118 Å². The summed E-state index contributed by atoms with van der Waals surface area (Å²) in [5.74, 6) is 0. The molecule has 1 aliphatic carbocycles. The largest absolute Gasteiger partial charge is 0.313 e. The highest BCUT2D eigenvalue weighted by molar-refractivity contribution is 6.10. The molecule has 0 fully saturated rings. The highest BCUT2D eigenvalue weighted by Gasteiger charge is 2.23. The number of hydrogen-bond acceptors (Lipinski definition) is 0. The average molecular weight is 715 g/mol.